The molecule has 0 aromatic heterocycles. The van der Waals surface area contributed by atoms with Gasteiger partial charge in [0.2, 0.25) is 5.91 Å². The van der Waals surface area contributed by atoms with Gasteiger partial charge in [-0.25, -0.2) is 0 Å². The monoisotopic (exact) mass is 172 g/mol. The third kappa shape index (κ3) is 2.19. The van der Waals surface area contributed by atoms with Crippen molar-refractivity contribution in [3.8, 4) is 0 Å². The van der Waals surface area contributed by atoms with Crippen LogP contribution >= 0.6 is 0 Å². The number of hydrogen-bond donors (Lipinski definition) is 2. The van der Waals surface area contributed by atoms with Crippen molar-refractivity contribution in [2.75, 3.05) is 20.6 Å². The second-order valence-electron chi connectivity index (χ2n) is 3.42. The highest BCUT2D eigenvalue weighted by Gasteiger charge is 2.26. The molecule has 0 aromatic carbocycles. The highest BCUT2D eigenvalue weighted by Crippen LogP contribution is 2.09. The van der Waals surface area contributed by atoms with Gasteiger partial charge < -0.3 is 15.3 Å². The number of amides is 1. The van der Waals surface area contributed by atoms with E-state index in [2.05, 4.69) is 5.32 Å². The zero-order valence-corrected chi connectivity index (χ0v) is 7.58. The third-order valence-electron chi connectivity index (χ3n) is 2.11. The van der Waals surface area contributed by atoms with Crippen molar-refractivity contribution in [2.24, 2.45) is 0 Å². The summed E-state index contributed by atoms with van der Waals surface area (Å²) < 4.78 is 0. The Morgan fingerprint density at radius 1 is 1.58 bits per heavy atom. The first-order valence-corrected chi connectivity index (χ1v) is 4.24. The quantitative estimate of drug-likeness (QED) is 0.544. The van der Waals surface area contributed by atoms with Gasteiger partial charge in [-0.1, -0.05) is 0 Å². The summed E-state index contributed by atoms with van der Waals surface area (Å²) >= 11 is 0. The van der Waals surface area contributed by atoms with Crippen molar-refractivity contribution in [1.82, 2.24) is 10.2 Å². The summed E-state index contributed by atoms with van der Waals surface area (Å²) in [6.45, 7) is 0.728. The smallest absolute Gasteiger partial charge is 0.239 e. The SMILES string of the molecule is CN(C)C(=O)[C@@H]1C[C@H](O)CCN1. The van der Waals surface area contributed by atoms with Crippen LogP contribution < -0.4 is 5.32 Å². The molecule has 1 heterocycles. The van der Waals surface area contributed by atoms with Gasteiger partial charge in [0, 0.05) is 14.1 Å². The van der Waals surface area contributed by atoms with E-state index in [0.29, 0.717) is 6.42 Å². The lowest BCUT2D eigenvalue weighted by Crippen LogP contribution is -2.49. The molecule has 70 valence electrons. The zero-order valence-electron chi connectivity index (χ0n) is 7.58. The summed E-state index contributed by atoms with van der Waals surface area (Å²) in [6.07, 6.45) is 0.967. The Labute approximate surface area is 72.6 Å². The maximum absolute atomic E-state index is 11.4. The minimum absolute atomic E-state index is 0.0498. The molecule has 2 atom stereocenters. The molecule has 1 amide bonds. The number of nitrogens with one attached hydrogen (secondary N) is 1. The van der Waals surface area contributed by atoms with Crippen molar-refractivity contribution in [3.05, 3.63) is 0 Å². The predicted molar refractivity (Wildman–Crippen MR) is 45.7 cm³/mol. The fourth-order valence-electron chi connectivity index (χ4n) is 1.40. The Hall–Kier alpha value is -0.610. The van der Waals surface area contributed by atoms with Gasteiger partial charge >= 0.3 is 0 Å². The van der Waals surface area contributed by atoms with Gasteiger partial charge in [0.05, 0.1) is 12.1 Å². The molecule has 1 rings (SSSR count). The Morgan fingerprint density at radius 3 is 2.75 bits per heavy atom. The van der Waals surface area contributed by atoms with Crippen LogP contribution in [0.4, 0.5) is 0 Å². The van der Waals surface area contributed by atoms with Crippen LogP contribution in [-0.4, -0.2) is 48.7 Å². The van der Waals surface area contributed by atoms with Gasteiger partial charge in [-0.2, -0.15) is 0 Å². The second kappa shape index (κ2) is 3.87. The molecule has 1 fully saturated rings. The number of carbonyl (C=O) groups excluding carboxylic acids is 1. The van der Waals surface area contributed by atoms with Gasteiger partial charge in [-0.15, -0.1) is 0 Å². The summed E-state index contributed by atoms with van der Waals surface area (Å²) in [4.78, 5) is 12.9. The van der Waals surface area contributed by atoms with E-state index in [1.807, 2.05) is 0 Å². The highest BCUT2D eigenvalue weighted by atomic mass is 16.3. The molecule has 2 N–H and O–H groups in total. The first kappa shape index (κ1) is 9.48. The molecule has 0 unspecified atom stereocenters. The minimum atomic E-state index is -0.319. The first-order valence-electron chi connectivity index (χ1n) is 4.24. The van der Waals surface area contributed by atoms with Gasteiger partial charge in [0.15, 0.2) is 0 Å². The average Bonchev–Trinajstić information content (AvgIpc) is 2.03. The maximum atomic E-state index is 11.4. The summed E-state index contributed by atoms with van der Waals surface area (Å²) in [5, 5.41) is 12.4. The van der Waals surface area contributed by atoms with Crippen molar-refractivity contribution in [2.45, 2.75) is 25.0 Å². The van der Waals surface area contributed by atoms with E-state index in [1.54, 1.807) is 19.0 Å². The molecule has 1 saturated heterocycles. The number of aliphatic hydroxyl groups excluding tert-OH is 1. The third-order valence-corrected chi connectivity index (χ3v) is 2.11. The fourth-order valence-corrected chi connectivity index (χ4v) is 1.40. The van der Waals surface area contributed by atoms with Crippen LogP contribution in [0.15, 0.2) is 0 Å². The molecule has 0 bridgehead atoms. The summed E-state index contributed by atoms with van der Waals surface area (Å²) in [5.41, 5.74) is 0. The summed E-state index contributed by atoms with van der Waals surface area (Å²) in [5.74, 6) is 0.0498. The van der Waals surface area contributed by atoms with Gasteiger partial charge in [0.1, 0.15) is 0 Å². The first-order chi connectivity index (χ1) is 5.61. The molecule has 0 spiro atoms. The molecular formula is C8H16N2O2. The molecule has 0 radical (unpaired) electrons. The lowest BCUT2D eigenvalue weighted by atomic mass is 10.0. The van der Waals surface area contributed by atoms with Crippen LogP contribution in [0.2, 0.25) is 0 Å². The molecule has 0 aliphatic carbocycles. The van der Waals surface area contributed by atoms with Gasteiger partial charge in [0.25, 0.3) is 0 Å². The van der Waals surface area contributed by atoms with Crippen molar-refractivity contribution in [1.29, 1.82) is 0 Å². The summed E-state index contributed by atoms with van der Waals surface area (Å²) in [6, 6.07) is -0.191. The van der Waals surface area contributed by atoms with Crippen LogP contribution in [0, 0.1) is 0 Å². The Morgan fingerprint density at radius 2 is 2.25 bits per heavy atom. The number of rotatable bonds is 1. The number of likely N-dealkylation sites (N-methyl/N-ethyl adjacent to an activating group) is 1. The van der Waals surface area contributed by atoms with Crippen molar-refractivity contribution >= 4 is 5.91 Å². The highest BCUT2D eigenvalue weighted by molar-refractivity contribution is 5.81. The lowest BCUT2D eigenvalue weighted by molar-refractivity contribution is -0.132. The predicted octanol–water partition coefficient (Wildman–Crippen LogP) is -0.813. The van der Waals surface area contributed by atoms with Crippen LogP contribution in [0.3, 0.4) is 0 Å². The Bertz CT molecular complexity index is 170. The minimum Gasteiger partial charge on any atom is -0.393 e. The number of carbonyl (C=O) groups is 1. The molecule has 0 aromatic rings. The lowest BCUT2D eigenvalue weighted by Gasteiger charge is -2.28. The van der Waals surface area contributed by atoms with E-state index >= 15 is 0 Å². The average molecular weight is 172 g/mol. The summed E-state index contributed by atoms with van der Waals surface area (Å²) in [7, 11) is 3.45. The molecule has 0 saturated carbocycles. The van der Waals surface area contributed by atoms with E-state index in [0.717, 1.165) is 13.0 Å². The van der Waals surface area contributed by atoms with E-state index in [4.69, 9.17) is 0 Å². The van der Waals surface area contributed by atoms with Crippen LogP contribution in [0.1, 0.15) is 12.8 Å². The number of hydrogen-bond acceptors (Lipinski definition) is 3. The molecule has 1 aliphatic heterocycles. The molecule has 1 aliphatic rings. The number of piperidine rings is 1. The Balaban J connectivity index is 2.46. The standard InChI is InChI=1S/C8H16N2O2/c1-10(2)8(12)7-5-6(11)3-4-9-7/h6-7,9,11H,3-5H2,1-2H3/t6-,7+/m1/s1. The number of aliphatic hydroxyl groups is 1. The molecule has 12 heavy (non-hydrogen) atoms. The van der Waals surface area contributed by atoms with Gasteiger partial charge in [-0.3, -0.25) is 4.79 Å². The molecule has 4 heteroatoms. The van der Waals surface area contributed by atoms with Crippen molar-refractivity contribution < 1.29 is 9.90 Å². The molecule has 4 nitrogen and oxygen atoms in total. The Kier molecular flexibility index (Phi) is 3.05. The van der Waals surface area contributed by atoms with Crippen LogP contribution in [0.25, 0.3) is 0 Å². The van der Waals surface area contributed by atoms with E-state index in [9.17, 15) is 9.90 Å². The van der Waals surface area contributed by atoms with E-state index < -0.39 is 0 Å². The molecular weight excluding hydrogens is 156 g/mol. The maximum Gasteiger partial charge on any atom is 0.239 e. The normalized spacial score (nSPS) is 29.9. The number of nitrogens with zero attached hydrogens (tertiary/aromatic N) is 1. The zero-order chi connectivity index (χ0) is 9.14. The van der Waals surface area contributed by atoms with E-state index in [1.165, 1.54) is 0 Å². The van der Waals surface area contributed by atoms with Crippen LogP contribution in [0.5, 0.6) is 0 Å². The van der Waals surface area contributed by atoms with Gasteiger partial charge in [-0.05, 0) is 19.4 Å². The van der Waals surface area contributed by atoms with Crippen LogP contribution in [-0.2, 0) is 4.79 Å². The second-order valence-corrected chi connectivity index (χ2v) is 3.42. The fraction of sp³-hybridized carbons (Fsp3) is 0.875. The topological polar surface area (TPSA) is 52.6 Å². The van der Waals surface area contributed by atoms with E-state index in [-0.39, 0.29) is 18.1 Å². The largest absolute Gasteiger partial charge is 0.393 e. The van der Waals surface area contributed by atoms with Crippen molar-refractivity contribution in [3.63, 3.8) is 0 Å².